The van der Waals surface area contributed by atoms with E-state index in [1.807, 2.05) is 60.7 Å². The van der Waals surface area contributed by atoms with Gasteiger partial charge in [-0.05, 0) is 18.4 Å². The Balaban J connectivity index is 1.80. The summed E-state index contributed by atoms with van der Waals surface area (Å²) in [6, 6.07) is 18.7. The van der Waals surface area contributed by atoms with E-state index in [-0.39, 0.29) is 18.3 Å². The summed E-state index contributed by atoms with van der Waals surface area (Å²) in [7, 11) is 0. The van der Waals surface area contributed by atoms with E-state index in [2.05, 4.69) is 10.2 Å². The van der Waals surface area contributed by atoms with Crippen LogP contribution in [0.25, 0.3) is 22.4 Å². The van der Waals surface area contributed by atoms with Crippen LogP contribution in [-0.4, -0.2) is 35.5 Å². The van der Waals surface area contributed by atoms with Crippen LogP contribution in [0.1, 0.15) is 23.2 Å². The lowest BCUT2D eigenvalue weighted by atomic mass is 9.95. The van der Waals surface area contributed by atoms with Crippen LogP contribution >= 0.6 is 0 Å². The molecule has 6 nitrogen and oxygen atoms in total. The fraction of sp³-hybridized carbons (Fsp3) is 0.227. The molecule has 1 aliphatic heterocycles. The number of nitrogens with one attached hydrogen (secondary N) is 1. The van der Waals surface area contributed by atoms with Crippen molar-refractivity contribution < 1.29 is 14.3 Å². The Labute approximate surface area is 162 Å². The molecule has 28 heavy (non-hydrogen) atoms. The first-order chi connectivity index (χ1) is 13.7. The summed E-state index contributed by atoms with van der Waals surface area (Å²) in [5, 5.41) is 6.68. The summed E-state index contributed by atoms with van der Waals surface area (Å²) < 4.78 is 10.9. The van der Waals surface area contributed by atoms with Crippen molar-refractivity contribution in [3.05, 3.63) is 76.6 Å². The zero-order valence-electron chi connectivity index (χ0n) is 15.3. The van der Waals surface area contributed by atoms with E-state index in [1.165, 1.54) is 0 Å². The quantitative estimate of drug-likeness (QED) is 0.690. The lowest BCUT2D eigenvalue weighted by Gasteiger charge is -2.14. The molecule has 1 atom stereocenters. The molecule has 1 fully saturated rings. The van der Waals surface area contributed by atoms with Crippen LogP contribution < -0.4 is 5.56 Å². The van der Waals surface area contributed by atoms with Gasteiger partial charge in [0.2, 0.25) is 0 Å². The molecule has 2 heterocycles. The normalized spacial score (nSPS) is 16.1. The molecule has 1 saturated heterocycles. The lowest BCUT2D eigenvalue weighted by Crippen LogP contribution is -2.26. The third-order valence-electron chi connectivity index (χ3n) is 4.72. The molecule has 2 aromatic carbocycles. The van der Waals surface area contributed by atoms with E-state index >= 15 is 0 Å². The Morgan fingerprint density at radius 1 is 1.07 bits per heavy atom. The fourth-order valence-corrected chi connectivity index (χ4v) is 3.35. The zero-order valence-corrected chi connectivity index (χ0v) is 15.3. The van der Waals surface area contributed by atoms with E-state index in [0.29, 0.717) is 17.9 Å². The first-order valence-corrected chi connectivity index (χ1v) is 9.26. The van der Waals surface area contributed by atoms with Gasteiger partial charge in [0, 0.05) is 17.7 Å². The number of nitrogens with zero attached hydrogens (tertiary/aromatic N) is 1. The number of esters is 1. The molecule has 1 aliphatic rings. The van der Waals surface area contributed by atoms with Gasteiger partial charge in [-0.15, -0.1) is 0 Å². The molecular weight excluding hydrogens is 356 g/mol. The number of aromatic nitrogens is 2. The SMILES string of the molecule is O=C(OC[C@H]1CCCO1)c1c(-c2ccccc2)c(-c2ccccc2)n[nH]c1=O. The Kier molecular flexibility index (Phi) is 5.30. The number of carbonyl (C=O) groups is 1. The molecule has 1 aromatic heterocycles. The van der Waals surface area contributed by atoms with Gasteiger partial charge in [-0.2, -0.15) is 5.10 Å². The highest BCUT2D eigenvalue weighted by molar-refractivity contribution is 6.00. The van der Waals surface area contributed by atoms with Crippen molar-refractivity contribution in [3.63, 3.8) is 0 Å². The summed E-state index contributed by atoms with van der Waals surface area (Å²) in [5.74, 6) is -0.671. The maximum atomic E-state index is 12.9. The number of H-pyrrole nitrogens is 1. The monoisotopic (exact) mass is 376 g/mol. The number of carbonyl (C=O) groups excluding carboxylic acids is 1. The average Bonchev–Trinajstić information content (AvgIpc) is 3.27. The van der Waals surface area contributed by atoms with E-state index < -0.39 is 11.5 Å². The first kappa shape index (κ1) is 18.1. The lowest BCUT2D eigenvalue weighted by molar-refractivity contribution is 0.0160. The molecule has 1 N–H and O–H groups in total. The Morgan fingerprint density at radius 3 is 2.39 bits per heavy atom. The number of hydrogen-bond donors (Lipinski definition) is 1. The van der Waals surface area contributed by atoms with Gasteiger partial charge in [-0.3, -0.25) is 4.79 Å². The van der Waals surface area contributed by atoms with E-state index in [9.17, 15) is 9.59 Å². The number of rotatable bonds is 5. The van der Waals surface area contributed by atoms with Crippen LogP contribution in [0.2, 0.25) is 0 Å². The van der Waals surface area contributed by atoms with Gasteiger partial charge in [0.25, 0.3) is 5.56 Å². The van der Waals surface area contributed by atoms with Crippen molar-refractivity contribution in [2.24, 2.45) is 0 Å². The topological polar surface area (TPSA) is 81.3 Å². The molecule has 6 heteroatoms. The van der Waals surface area contributed by atoms with Crippen molar-refractivity contribution >= 4 is 5.97 Å². The van der Waals surface area contributed by atoms with Crippen molar-refractivity contribution in [1.29, 1.82) is 0 Å². The van der Waals surface area contributed by atoms with Gasteiger partial charge in [-0.1, -0.05) is 60.7 Å². The molecule has 4 rings (SSSR count). The molecule has 0 spiro atoms. The maximum Gasteiger partial charge on any atom is 0.344 e. The van der Waals surface area contributed by atoms with Gasteiger partial charge < -0.3 is 9.47 Å². The Bertz CT molecular complexity index is 1010. The van der Waals surface area contributed by atoms with Crippen LogP contribution in [0.15, 0.2) is 65.5 Å². The van der Waals surface area contributed by atoms with E-state index in [1.54, 1.807) is 0 Å². The molecule has 0 radical (unpaired) electrons. The molecule has 0 bridgehead atoms. The predicted octanol–water partition coefficient (Wildman–Crippen LogP) is 3.44. The second-order valence-corrected chi connectivity index (χ2v) is 6.62. The van der Waals surface area contributed by atoms with Crippen LogP contribution in [0.5, 0.6) is 0 Å². The Morgan fingerprint density at radius 2 is 1.75 bits per heavy atom. The fourth-order valence-electron chi connectivity index (χ4n) is 3.35. The third kappa shape index (κ3) is 3.73. The van der Waals surface area contributed by atoms with Crippen molar-refractivity contribution in [2.75, 3.05) is 13.2 Å². The van der Waals surface area contributed by atoms with Gasteiger partial charge >= 0.3 is 5.97 Å². The van der Waals surface area contributed by atoms with Crippen LogP contribution in [0.4, 0.5) is 0 Å². The molecule has 3 aromatic rings. The molecule has 0 unspecified atom stereocenters. The number of benzene rings is 2. The van der Waals surface area contributed by atoms with Crippen molar-refractivity contribution in [3.8, 4) is 22.4 Å². The number of ether oxygens (including phenoxy) is 2. The minimum absolute atomic E-state index is 0.0435. The summed E-state index contributed by atoms with van der Waals surface area (Å²) in [6.07, 6.45) is 1.69. The predicted molar refractivity (Wildman–Crippen MR) is 105 cm³/mol. The number of hydrogen-bond acceptors (Lipinski definition) is 5. The van der Waals surface area contributed by atoms with Gasteiger partial charge in [0.1, 0.15) is 12.2 Å². The number of aromatic amines is 1. The second kappa shape index (κ2) is 8.19. The summed E-state index contributed by atoms with van der Waals surface area (Å²) >= 11 is 0. The van der Waals surface area contributed by atoms with E-state index in [4.69, 9.17) is 9.47 Å². The molecular formula is C22H20N2O4. The summed E-state index contributed by atoms with van der Waals surface area (Å²) in [6.45, 7) is 0.807. The molecule has 0 aliphatic carbocycles. The standard InChI is InChI=1S/C22H20N2O4/c25-21-19(22(26)28-14-17-12-7-13-27-17)18(15-8-3-1-4-9-15)20(23-24-21)16-10-5-2-6-11-16/h1-6,8-11,17H,7,12-14H2,(H,24,25)/t17-/m1/s1. The summed E-state index contributed by atoms with van der Waals surface area (Å²) in [4.78, 5) is 25.5. The maximum absolute atomic E-state index is 12.9. The molecule has 0 saturated carbocycles. The zero-order chi connectivity index (χ0) is 19.3. The minimum Gasteiger partial charge on any atom is -0.459 e. The summed E-state index contributed by atoms with van der Waals surface area (Å²) in [5.41, 5.74) is 1.90. The van der Waals surface area contributed by atoms with Gasteiger partial charge in [0.15, 0.2) is 0 Å². The van der Waals surface area contributed by atoms with Crippen LogP contribution in [-0.2, 0) is 9.47 Å². The van der Waals surface area contributed by atoms with Gasteiger partial charge in [0.05, 0.1) is 11.8 Å². The second-order valence-electron chi connectivity index (χ2n) is 6.62. The smallest absolute Gasteiger partial charge is 0.344 e. The Hall–Kier alpha value is -3.25. The van der Waals surface area contributed by atoms with Gasteiger partial charge in [-0.25, -0.2) is 9.89 Å². The third-order valence-corrected chi connectivity index (χ3v) is 4.72. The molecule has 142 valence electrons. The largest absolute Gasteiger partial charge is 0.459 e. The van der Waals surface area contributed by atoms with Crippen LogP contribution in [0.3, 0.4) is 0 Å². The van der Waals surface area contributed by atoms with Crippen LogP contribution in [0, 0.1) is 0 Å². The minimum atomic E-state index is -0.671. The highest BCUT2D eigenvalue weighted by Crippen LogP contribution is 2.31. The average molecular weight is 376 g/mol. The van der Waals surface area contributed by atoms with Crippen molar-refractivity contribution in [2.45, 2.75) is 18.9 Å². The highest BCUT2D eigenvalue weighted by atomic mass is 16.6. The molecule has 0 amide bonds. The highest BCUT2D eigenvalue weighted by Gasteiger charge is 2.25. The first-order valence-electron chi connectivity index (χ1n) is 9.26. The van der Waals surface area contributed by atoms with E-state index in [0.717, 1.165) is 24.0 Å². The van der Waals surface area contributed by atoms with Crippen molar-refractivity contribution in [1.82, 2.24) is 10.2 Å².